The van der Waals surface area contributed by atoms with Crippen LogP contribution in [0.25, 0.3) is 5.69 Å². The summed E-state index contributed by atoms with van der Waals surface area (Å²) in [6.07, 6.45) is 0. The van der Waals surface area contributed by atoms with E-state index in [-0.39, 0.29) is 0 Å². The topological polar surface area (TPSA) is 42.7 Å². The second-order valence-electron chi connectivity index (χ2n) is 4.56. The molecule has 4 heteroatoms. The van der Waals surface area contributed by atoms with Crippen molar-refractivity contribution >= 4 is 0 Å². The summed E-state index contributed by atoms with van der Waals surface area (Å²) < 4.78 is 1.89. The van der Waals surface area contributed by atoms with E-state index < -0.39 is 0 Å². The van der Waals surface area contributed by atoms with Crippen molar-refractivity contribution in [3.8, 4) is 5.69 Å². The van der Waals surface area contributed by atoms with E-state index in [0.29, 0.717) is 5.92 Å². The molecular formula is C13H16N4. The molecular weight excluding hydrogens is 212 g/mol. The second-order valence-corrected chi connectivity index (χ2v) is 4.56. The van der Waals surface area contributed by atoms with Crippen LogP contribution in [0.1, 0.15) is 23.1 Å². The third-order valence-electron chi connectivity index (χ3n) is 3.27. The highest BCUT2D eigenvalue weighted by atomic mass is 15.3. The zero-order valence-electron chi connectivity index (χ0n) is 10.1. The highest BCUT2D eigenvalue weighted by Crippen LogP contribution is 2.21. The van der Waals surface area contributed by atoms with E-state index >= 15 is 0 Å². The van der Waals surface area contributed by atoms with Crippen molar-refractivity contribution in [1.82, 2.24) is 20.1 Å². The number of aryl methyl sites for hydroxylation is 2. The first-order chi connectivity index (χ1) is 8.24. The molecule has 0 spiro atoms. The summed E-state index contributed by atoms with van der Waals surface area (Å²) in [7, 11) is 0. The smallest absolute Gasteiger partial charge is 0.148 e. The fourth-order valence-electron chi connectivity index (χ4n) is 2.18. The SMILES string of the molecule is Cc1nc(C)n(-c2ccc(C3CNC3)cc2)n1. The van der Waals surface area contributed by atoms with Crippen LogP contribution in [0, 0.1) is 13.8 Å². The van der Waals surface area contributed by atoms with Gasteiger partial charge in [0, 0.05) is 19.0 Å². The third kappa shape index (κ3) is 1.85. The Hall–Kier alpha value is -1.68. The van der Waals surface area contributed by atoms with Crippen LogP contribution >= 0.6 is 0 Å². The minimum atomic E-state index is 0.683. The zero-order chi connectivity index (χ0) is 11.8. The van der Waals surface area contributed by atoms with Gasteiger partial charge in [0.05, 0.1) is 5.69 Å². The Morgan fingerprint density at radius 3 is 2.35 bits per heavy atom. The standard InChI is InChI=1S/C13H16N4/c1-9-15-10(2)17(16-9)13-5-3-11(4-6-13)12-7-14-8-12/h3-6,12,14H,7-8H2,1-2H3. The van der Waals surface area contributed by atoms with Crippen LogP contribution in [0.2, 0.25) is 0 Å². The van der Waals surface area contributed by atoms with E-state index in [9.17, 15) is 0 Å². The van der Waals surface area contributed by atoms with Crippen LogP contribution in [0.3, 0.4) is 0 Å². The lowest BCUT2D eigenvalue weighted by atomic mass is 9.94. The molecule has 17 heavy (non-hydrogen) atoms. The highest BCUT2D eigenvalue weighted by Gasteiger charge is 2.18. The molecule has 1 aliphatic heterocycles. The number of hydrogen-bond donors (Lipinski definition) is 1. The molecule has 1 aromatic heterocycles. The minimum absolute atomic E-state index is 0.683. The van der Waals surface area contributed by atoms with Crippen molar-refractivity contribution in [3.63, 3.8) is 0 Å². The van der Waals surface area contributed by atoms with Gasteiger partial charge in [-0.05, 0) is 31.5 Å². The molecule has 0 amide bonds. The largest absolute Gasteiger partial charge is 0.315 e. The fraction of sp³-hybridized carbons (Fsp3) is 0.385. The first-order valence-electron chi connectivity index (χ1n) is 5.95. The van der Waals surface area contributed by atoms with Crippen molar-refractivity contribution in [2.75, 3.05) is 13.1 Å². The van der Waals surface area contributed by atoms with Crippen LogP contribution < -0.4 is 5.32 Å². The number of nitrogens with one attached hydrogen (secondary N) is 1. The van der Waals surface area contributed by atoms with Crippen molar-refractivity contribution in [2.24, 2.45) is 0 Å². The van der Waals surface area contributed by atoms with Gasteiger partial charge in [0.2, 0.25) is 0 Å². The van der Waals surface area contributed by atoms with Gasteiger partial charge in [0.1, 0.15) is 11.6 Å². The summed E-state index contributed by atoms with van der Waals surface area (Å²) in [5.41, 5.74) is 2.49. The van der Waals surface area contributed by atoms with Gasteiger partial charge in [-0.1, -0.05) is 12.1 Å². The molecule has 0 atom stereocenters. The van der Waals surface area contributed by atoms with Gasteiger partial charge in [-0.15, -0.1) is 0 Å². The lowest BCUT2D eigenvalue weighted by Crippen LogP contribution is -2.39. The predicted octanol–water partition coefficient (Wildman–Crippen LogP) is 1.57. The summed E-state index contributed by atoms with van der Waals surface area (Å²) in [4.78, 5) is 4.31. The number of nitrogens with zero attached hydrogens (tertiary/aromatic N) is 3. The van der Waals surface area contributed by atoms with Gasteiger partial charge in [0.25, 0.3) is 0 Å². The summed E-state index contributed by atoms with van der Waals surface area (Å²) in [6, 6.07) is 8.62. The fourth-order valence-corrected chi connectivity index (χ4v) is 2.18. The molecule has 2 aromatic rings. The molecule has 0 saturated carbocycles. The first kappa shape index (κ1) is 10.5. The Morgan fingerprint density at radius 1 is 1.18 bits per heavy atom. The van der Waals surface area contributed by atoms with Gasteiger partial charge in [-0.25, -0.2) is 9.67 Å². The molecule has 3 rings (SSSR count). The maximum Gasteiger partial charge on any atom is 0.148 e. The van der Waals surface area contributed by atoms with Crippen LogP contribution in [-0.2, 0) is 0 Å². The first-order valence-corrected chi connectivity index (χ1v) is 5.95. The van der Waals surface area contributed by atoms with E-state index in [1.54, 1.807) is 0 Å². The molecule has 0 radical (unpaired) electrons. The maximum atomic E-state index is 4.38. The molecule has 1 fully saturated rings. The molecule has 88 valence electrons. The van der Waals surface area contributed by atoms with Gasteiger partial charge in [-0.3, -0.25) is 0 Å². The second kappa shape index (κ2) is 3.96. The lowest BCUT2D eigenvalue weighted by molar-refractivity contribution is 0.448. The van der Waals surface area contributed by atoms with E-state index in [1.165, 1.54) is 5.56 Å². The van der Waals surface area contributed by atoms with Crippen LogP contribution in [0.5, 0.6) is 0 Å². The summed E-state index contributed by atoms with van der Waals surface area (Å²) >= 11 is 0. The molecule has 0 bridgehead atoms. The molecule has 0 unspecified atom stereocenters. The Labute approximate surface area is 101 Å². The van der Waals surface area contributed by atoms with Crippen molar-refractivity contribution in [1.29, 1.82) is 0 Å². The molecule has 0 aliphatic carbocycles. The van der Waals surface area contributed by atoms with E-state index in [2.05, 4.69) is 39.7 Å². The van der Waals surface area contributed by atoms with Crippen LogP contribution in [-0.4, -0.2) is 27.9 Å². The average molecular weight is 228 g/mol. The minimum Gasteiger partial charge on any atom is -0.315 e. The highest BCUT2D eigenvalue weighted by molar-refractivity contribution is 5.36. The van der Waals surface area contributed by atoms with Crippen molar-refractivity contribution < 1.29 is 0 Å². The molecule has 1 aliphatic rings. The van der Waals surface area contributed by atoms with E-state index in [4.69, 9.17) is 0 Å². The molecule has 1 saturated heterocycles. The van der Waals surface area contributed by atoms with E-state index in [0.717, 1.165) is 30.4 Å². The number of rotatable bonds is 2. The lowest BCUT2D eigenvalue weighted by Gasteiger charge is -2.27. The van der Waals surface area contributed by atoms with Crippen molar-refractivity contribution in [3.05, 3.63) is 41.5 Å². The molecule has 1 N–H and O–H groups in total. The van der Waals surface area contributed by atoms with Gasteiger partial charge in [0.15, 0.2) is 0 Å². The quantitative estimate of drug-likeness (QED) is 0.848. The van der Waals surface area contributed by atoms with E-state index in [1.807, 2.05) is 18.5 Å². The molecule has 4 nitrogen and oxygen atoms in total. The van der Waals surface area contributed by atoms with Gasteiger partial charge < -0.3 is 5.32 Å². The predicted molar refractivity (Wildman–Crippen MR) is 66.4 cm³/mol. The summed E-state index contributed by atoms with van der Waals surface area (Å²) in [6.45, 7) is 6.09. The monoisotopic (exact) mass is 228 g/mol. The normalized spacial score (nSPS) is 15.9. The number of aromatic nitrogens is 3. The third-order valence-corrected chi connectivity index (χ3v) is 3.27. The molecule has 2 heterocycles. The Morgan fingerprint density at radius 2 is 1.88 bits per heavy atom. The Kier molecular flexibility index (Phi) is 2.44. The summed E-state index contributed by atoms with van der Waals surface area (Å²) in [5.74, 6) is 2.43. The number of benzene rings is 1. The molecule has 1 aromatic carbocycles. The Bertz CT molecular complexity index is 523. The summed E-state index contributed by atoms with van der Waals surface area (Å²) in [5, 5.41) is 7.67. The van der Waals surface area contributed by atoms with Crippen LogP contribution in [0.4, 0.5) is 0 Å². The van der Waals surface area contributed by atoms with Gasteiger partial charge >= 0.3 is 0 Å². The van der Waals surface area contributed by atoms with Crippen LogP contribution in [0.15, 0.2) is 24.3 Å². The van der Waals surface area contributed by atoms with Gasteiger partial charge in [-0.2, -0.15) is 5.10 Å². The van der Waals surface area contributed by atoms with Crippen molar-refractivity contribution in [2.45, 2.75) is 19.8 Å². The Balaban J connectivity index is 1.91. The zero-order valence-corrected chi connectivity index (χ0v) is 10.1. The maximum absolute atomic E-state index is 4.38. The average Bonchev–Trinajstić information content (AvgIpc) is 2.57. The number of hydrogen-bond acceptors (Lipinski definition) is 3.